The summed E-state index contributed by atoms with van der Waals surface area (Å²) in [6, 6.07) is 2.56. The standard InChI is InChI=1S/C26H38ClN3O6/c1-25(2,3)35-23(33)30(24(34)36-26(4,5)6)21-15-17(13-14-28-21)11-12-19(20(31)16-27)29-22(32)18-9-7-8-10-18/h13-15,18-19H,7-12,16H2,1-6H3,(H,29,32). The van der Waals surface area contributed by atoms with Crippen LogP contribution in [0.4, 0.5) is 15.4 Å². The molecule has 1 aliphatic carbocycles. The van der Waals surface area contributed by atoms with Gasteiger partial charge in [0.2, 0.25) is 5.91 Å². The summed E-state index contributed by atoms with van der Waals surface area (Å²) in [5.41, 5.74) is -0.983. The number of hydrogen-bond donors (Lipinski definition) is 1. The van der Waals surface area contributed by atoms with E-state index in [9.17, 15) is 19.2 Å². The zero-order valence-electron chi connectivity index (χ0n) is 22.1. The highest BCUT2D eigenvalue weighted by atomic mass is 35.5. The average molecular weight is 524 g/mol. The molecule has 0 saturated heterocycles. The molecule has 0 radical (unpaired) electrons. The van der Waals surface area contributed by atoms with Gasteiger partial charge in [0.15, 0.2) is 5.78 Å². The van der Waals surface area contributed by atoms with E-state index < -0.39 is 29.4 Å². The molecular formula is C26H38ClN3O6. The summed E-state index contributed by atoms with van der Waals surface area (Å²) in [7, 11) is 0. The lowest BCUT2D eigenvalue weighted by Crippen LogP contribution is -2.44. The molecular weight excluding hydrogens is 486 g/mol. The fourth-order valence-corrected chi connectivity index (χ4v) is 4.00. The van der Waals surface area contributed by atoms with Crippen LogP contribution < -0.4 is 10.2 Å². The van der Waals surface area contributed by atoms with Crippen LogP contribution in [0.3, 0.4) is 0 Å². The summed E-state index contributed by atoms with van der Waals surface area (Å²) in [5.74, 6) is -0.623. The Hall–Kier alpha value is -2.68. The molecule has 1 aliphatic rings. The molecule has 1 heterocycles. The number of rotatable bonds is 8. The Kier molecular flexibility index (Phi) is 10.3. The van der Waals surface area contributed by atoms with Gasteiger partial charge < -0.3 is 14.8 Å². The zero-order chi connectivity index (χ0) is 27.1. The Labute approximate surface area is 218 Å². The highest BCUT2D eigenvalue weighted by Gasteiger charge is 2.34. The van der Waals surface area contributed by atoms with Gasteiger partial charge in [-0.1, -0.05) is 12.8 Å². The summed E-state index contributed by atoms with van der Waals surface area (Å²) < 4.78 is 10.8. The van der Waals surface area contributed by atoms with Crippen molar-refractivity contribution in [3.63, 3.8) is 0 Å². The van der Waals surface area contributed by atoms with E-state index >= 15 is 0 Å². The number of ether oxygens (including phenoxy) is 2. The Morgan fingerprint density at radius 1 is 1.06 bits per heavy atom. The highest BCUT2D eigenvalue weighted by molar-refractivity contribution is 6.28. The summed E-state index contributed by atoms with van der Waals surface area (Å²) in [6.07, 6.45) is 3.99. The number of pyridine rings is 1. The fourth-order valence-electron chi connectivity index (χ4n) is 3.81. The number of aryl methyl sites for hydroxylation is 1. The second-order valence-electron chi connectivity index (χ2n) is 11.0. The maximum absolute atomic E-state index is 12.9. The van der Waals surface area contributed by atoms with Gasteiger partial charge in [0.05, 0.1) is 11.9 Å². The third-order valence-corrected chi connectivity index (χ3v) is 5.74. The van der Waals surface area contributed by atoms with Crippen molar-refractivity contribution in [1.82, 2.24) is 10.3 Å². The van der Waals surface area contributed by atoms with Crippen molar-refractivity contribution < 1.29 is 28.7 Å². The van der Waals surface area contributed by atoms with Gasteiger partial charge in [-0.05, 0) is 84.9 Å². The third-order valence-electron chi connectivity index (χ3n) is 5.48. The number of anilines is 1. The maximum atomic E-state index is 12.9. The number of hydrogen-bond acceptors (Lipinski definition) is 7. The number of nitrogens with one attached hydrogen (secondary N) is 1. The molecule has 0 aliphatic heterocycles. The first-order valence-corrected chi connectivity index (χ1v) is 12.8. The van der Waals surface area contributed by atoms with Gasteiger partial charge in [-0.2, -0.15) is 4.90 Å². The van der Waals surface area contributed by atoms with Crippen molar-refractivity contribution in [2.45, 2.75) is 97.3 Å². The van der Waals surface area contributed by atoms with Crippen LogP contribution in [0, 0.1) is 5.92 Å². The van der Waals surface area contributed by atoms with Crippen LogP contribution in [0.5, 0.6) is 0 Å². The van der Waals surface area contributed by atoms with Gasteiger partial charge >= 0.3 is 12.2 Å². The van der Waals surface area contributed by atoms with Gasteiger partial charge in [-0.25, -0.2) is 14.6 Å². The van der Waals surface area contributed by atoms with Crippen LogP contribution in [0.2, 0.25) is 0 Å². The molecule has 1 fully saturated rings. The topological polar surface area (TPSA) is 115 Å². The largest absolute Gasteiger partial charge is 0.443 e. The van der Waals surface area contributed by atoms with E-state index in [1.807, 2.05) is 0 Å². The summed E-state index contributed by atoms with van der Waals surface area (Å²) in [6.45, 7) is 10.1. The van der Waals surface area contributed by atoms with Crippen LogP contribution in [-0.4, -0.2) is 52.0 Å². The van der Waals surface area contributed by atoms with E-state index in [0.29, 0.717) is 18.4 Å². The van der Waals surface area contributed by atoms with Crippen molar-refractivity contribution in [2.75, 3.05) is 10.8 Å². The molecule has 1 aromatic heterocycles. The van der Waals surface area contributed by atoms with E-state index in [-0.39, 0.29) is 29.3 Å². The van der Waals surface area contributed by atoms with Crippen LogP contribution in [-0.2, 0) is 25.5 Å². The maximum Gasteiger partial charge on any atom is 0.425 e. The first-order valence-electron chi connectivity index (χ1n) is 12.3. The zero-order valence-corrected chi connectivity index (χ0v) is 22.8. The van der Waals surface area contributed by atoms with E-state index in [4.69, 9.17) is 21.1 Å². The predicted octanol–water partition coefficient (Wildman–Crippen LogP) is 5.17. The number of halogens is 1. The Morgan fingerprint density at radius 3 is 2.11 bits per heavy atom. The fraction of sp³-hybridized carbons (Fsp3) is 0.654. The molecule has 36 heavy (non-hydrogen) atoms. The lowest BCUT2D eigenvalue weighted by molar-refractivity contribution is -0.129. The number of amides is 3. The molecule has 0 aromatic carbocycles. The number of alkyl halides is 1. The quantitative estimate of drug-likeness (QED) is 0.467. The summed E-state index contributed by atoms with van der Waals surface area (Å²) >= 11 is 5.79. The number of Topliss-reactive ketones (excluding diaryl/α,β-unsaturated/α-hetero) is 1. The van der Waals surface area contributed by atoms with Crippen molar-refractivity contribution in [3.05, 3.63) is 23.9 Å². The minimum Gasteiger partial charge on any atom is -0.443 e. The molecule has 10 heteroatoms. The number of aromatic nitrogens is 1. The molecule has 2 rings (SSSR count). The second kappa shape index (κ2) is 12.5. The predicted molar refractivity (Wildman–Crippen MR) is 137 cm³/mol. The van der Waals surface area contributed by atoms with E-state index in [1.54, 1.807) is 53.7 Å². The molecule has 0 bridgehead atoms. The minimum absolute atomic E-state index is 0.0335. The molecule has 200 valence electrons. The Bertz CT molecular complexity index is 920. The van der Waals surface area contributed by atoms with Crippen LogP contribution in [0.15, 0.2) is 18.3 Å². The first-order chi connectivity index (χ1) is 16.7. The molecule has 1 saturated carbocycles. The normalized spacial score (nSPS) is 15.2. The van der Waals surface area contributed by atoms with Crippen molar-refractivity contribution in [3.8, 4) is 0 Å². The lowest BCUT2D eigenvalue weighted by atomic mass is 10.0. The van der Waals surface area contributed by atoms with Crippen LogP contribution in [0.25, 0.3) is 0 Å². The van der Waals surface area contributed by atoms with Crippen LogP contribution >= 0.6 is 11.6 Å². The third kappa shape index (κ3) is 9.41. The second-order valence-corrected chi connectivity index (χ2v) is 11.3. The number of carbonyl (C=O) groups excluding carboxylic acids is 4. The highest BCUT2D eigenvalue weighted by Crippen LogP contribution is 2.25. The molecule has 1 aromatic rings. The summed E-state index contributed by atoms with van der Waals surface area (Å²) in [5, 5.41) is 2.86. The van der Waals surface area contributed by atoms with Gasteiger partial charge in [0.1, 0.15) is 17.0 Å². The van der Waals surface area contributed by atoms with Gasteiger partial charge in [-0.3, -0.25) is 9.59 Å². The minimum atomic E-state index is -0.916. The van der Waals surface area contributed by atoms with Gasteiger partial charge in [0, 0.05) is 12.1 Å². The molecule has 9 nitrogen and oxygen atoms in total. The Balaban J connectivity index is 2.22. The van der Waals surface area contributed by atoms with E-state index in [2.05, 4.69) is 10.3 Å². The van der Waals surface area contributed by atoms with Crippen molar-refractivity contribution in [2.24, 2.45) is 5.92 Å². The van der Waals surface area contributed by atoms with Crippen molar-refractivity contribution in [1.29, 1.82) is 0 Å². The van der Waals surface area contributed by atoms with Crippen LogP contribution in [0.1, 0.15) is 79.2 Å². The molecule has 3 amide bonds. The lowest BCUT2D eigenvalue weighted by Gasteiger charge is -2.28. The van der Waals surface area contributed by atoms with E-state index in [0.717, 1.165) is 30.6 Å². The SMILES string of the molecule is CC(C)(C)OC(=O)N(C(=O)OC(C)(C)C)c1cc(CCC(NC(=O)C2CCCC2)C(=O)CCl)ccn1. The number of imide groups is 1. The molecule has 1 unspecified atom stereocenters. The smallest absolute Gasteiger partial charge is 0.425 e. The Morgan fingerprint density at radius 2 is 1.61 bits per heavy atom. The average Bonchev–Trinajstić information content (AvgIpc) is 3.29. The number of carbonyl (C=O) groups is 4. The van der Waals surface area contributed by atoms with E-state index in [1.165, 1.54) is 6.20 Å². The van der Waals surface area contributed by atoms with Gasteiger partial charge in [-0.15, -0.1) is 11.6 Å². The molecule has 0 spiro atoms. The molecule has 1 atom stereocenters. The number of nitrogens with zero attached hydrogens (tertiary/aromatic N) is 2. The van der Waals surface area contributed by atoms with Crippen molar-refractivity contribution >= 4 is 41.3 Å². The number of ketones is 1. The van der Waals surface area contributed by atoms with Gasteiger partial charge in [0.25, 0.3) is 0 Å². The monoisotopic (exact) mass is 523 g/mol. The first kappa shape index (κ1) is 29.5. The molecule has 1 N–H and O–H groups in total. The summed E-state index contributed by atoms with van der Waals surface area (Å²) in [4.78, 5) is 55.7.